The van der Waals surface area contributed by atoms with Crippen LogP contribution in [0.4, 0.5) is 5.69 Å². The third kappa shape index (κ3) is 3.55. The number of hydrogen-bond donors (Lipinski definition) is 1. The van der Waals surface area contributed by atoms with Gasteiger partial charge >= 0.3 is 0 Å². The van der Waals surface area contributed by atoms with E-state index in [1.165, 1.54) is 6.07 Å². The number of pyridine rings is 1. The number of fused-ring (bicyclic) bond motifs is 1. The molecule has 3 rings (SSSR count). The topological polar surface area (TPSA) is 51.1 Å². The Morgan fingerprint density at radius 3 is 2.43 bits per heavy atom. The van der Waals surface area contributed by atoms with E-state index in [9.17, 15) is 9.59 Å². The van der Waals surface area contributed by atoms with Gasteiger partial charge in [0.1, 0.15) is 6.54 Å². The fraction of sp³-hybridized carbons (Fsp3) is 0.0588. The van der Waals surface area contributed by atoms with Gasteiger partial charge in [-0.3, -0.25) is 9.59 Å². The molecule has 3 aromatic rings. The van der Waals surface area contributed by atoms with Gasteiger partial charge in [-0.2, -0.15) is 0 Å². The predicted molar refractivity (Wildman–Crippen MR) is 93.3 cm³/mol. The van der Waals surface area contributed by atoms with Crippen molar-refractivity contribution in [1.29, 1.82) is 0 Å². The first-order chi connectivity index (χ1) is 11.0. The summed E-state index contributed by atoms with van der Waals surface area (Å²) < 4.78 is 1.69. The van der Waals surface area contributed by atoms with Crippen LogP contribution >= 0.6 is 23.2 Å². The average Bonchev–Trinajstić information content (AvgIpc) is 2.52. The van der Waals surface area contributed by atoms with Gasteiger partial charge in [-0.1, -0.05) is 23.2 Å². The van der Waals surface area contributed by atoms with Crippen molar-refractivity contribution in [3.63, 3.8) is 0 Å². The number of rotatable bonds is 3. The predicted octanol–water partition coefficient (Wildman–Crippen LogP) is 3.95. The average molecular weight is 347 g/mol. The summed E-state index contributed by atoms with van der Waals surface area (Å²) >= 11 is 11.8. The van der Waals surface area contributed by atoms with Crippen molar-refractivity contribution in [3.8, 4) is 0 Å². The summed E-state index contributed by atoms with van der Waals surface area (Å²) in [6.45, 7) is 0.0692. The van der Waals surface area contributed by atoms with Gasteiger partial charge in [-0.15, -0.1) is 0 Å². The summed E-state index contributed by atoms with van der Waals surface area (Å²) in [7, 11) is 0. The molecule has 1 amide bonds. The smallest absolute Gasteiger partial charge is 0.244 e. The van der Waals surface area contributed by atoms with E-state index < -0.39 is 0 Å². The van der Waals surface area contributed by atoms with Crippen molar-refractivity contribution in [2.45, 2.75) is 6.54 Å². The van der Waals surface area contributed by atoms with E-state index in [0.29, 0.717) is 26.6 Å². The molecule has 4 nitrogen and oxygen atoms in total. The fourth-order valence-corrected chi connectivity index (χ4v) is 2.60. The Morgan fingerprint density at radius 1 is 1.00 bits per heavy atom. The standard InChI is InChI=1S/C17H12Cl2N2O2/c18-11-1-4-13(5-2-11)20-17(23)10-21-8-7-16(22)14-6-3-12(19)9-15(14)21/h1-9H,10H2,(H,20,23). The van der Waals surface area contributed by atoms with Crippen LogP contribution in [0.15, 0.2) is 59.5 Å². The maximum Gasteiger partial charge on any atom is 0.244 e. The van der Waals surface area contributed by atoms with Gasteiger partial charge in [0.2, 0.25) is 5.91 Å². The van der Waals surface area contributed by atoms with Gasteiger partial charge in [-0.25, -0.2) is 0 Å². The third-order valence-electron chi connectivity index (χ3n) is 3.38. The van der Waals surface area contributed by atoms with Crippen molar-refractivity contribution in [1.82, 2.24) is 4.57 Å². The lowest BCUT2D eigenvalue weighted by Gasteiger charge is -2.11. The Morgan fingerprint density at radius 2 is 1.70 bits per heavy atom. The second-order valence-corrected chi connectivity index (χ2v) is 5.90. The second kappa shape index (κ2) is 6.44. The number of anilines is 1. The van der Waals surface area contributed by atoms with Crippen LogP contribution in [0.5, 0.6) is 0 Å². The van der Waals surface area contributed by atoms with Crippen LogP contribution in [0, 0.1) is 0 Å². The lowest BCUT2D eigenvalue weighted by atomic mass is 10.2. The number of amides is 1. The Hall–Kier alpha value is -2.30. The number of nitrogens with zero attached hydrogens (tertiary/aromatic N) is 1. The van der Waals surface area contributed by atoms with Crippen molar-refractivity contribution >= 4 is 45.7 Å². The van der Waals surface area contributed by atoms with Crippen LogP contribution in [0.25, 0.3) is 10.9 Å². The number of benzene rings is 2. The lowest BCUT2D eigenvalue weighted by molar-refractivity contribution is -0.116. The summed E-state index contributed by atoms with van der Waals surface area (Å²) in [5.74, 6) is -0.211. The number of nitrogens with one attached hydrogen (secondary N) is 1. The van der Waals surface area contributed by atoms with Gasteiger partial charge in [-0.05, 0) is 42.5 Å². The maximum atomic E-state index is 12.2. The van der Waals surface area contributed by atoms with Crippen molar-refractivity contribution in [2.24, 2.45) is 0 Å². The van der Waals surface area contributed by atoms with E-state index in [-0.39, 0.29) is 17.9 Å². The Labute approximate surface area is 142 Å². The molecule has 0 atom stereocenters. The molecule has 116 valence electrons. The van der Waals surface area contributed by atoms with Crippen LogP contribution < -0.4 is 10.7 Å². The minimum Gasteiger partial charge on any atom is -0.338 e. The van der Waals surface area contributed by atoms with Gasteiger partial charge in [0.15, 0.2) is 5.43 Å². The van der Waals surface area contributed by atoms with Crippen molar-refractivity contribution in [2.75, 3.05) is 5.32 Å². The van der Waals surface area contributed by atoms with E-state index in [4.69, 9.17) is 23.2 Å². The van der Waals surface area contributed by atoms with Crippen LogP contribution in [0.3, 0.4) is 0 Å². The number of carbonyl (C=O) groups excluding carboxylic acids is 1. The molecule has 1 heterocycles. The molecule has 6 heteroatoms. The molecule has 1 N–H and O–H groups in total. The highest BCUT2D eigenvalue weighted by Crippen LogP contribution is 2.17. The summed E-state index contributed by atoms with van der Waals surface area (Å²) in [5.41, 5.74) is 1.17. The molecule has 0 unspecified atom stereocenters. The van der Waals surface area contributed by atoms with Crippen molar-refractivity contribution < 1.29 is 4.79 Å². The van der Waals surface area contributed by atoms with E-state index >= 15 is 0 Å². The quantitative estimate of drug-likeness (QED) is 0.780. The van der Waals surface area contributed by atoms with Crippen LogP contribution in [-0.4, -0.2) is 10.5 Å². The van der Waals surface area contributed by atoms with E-state index in [2.05, 4.69) is 5.32 Å². The van der Waals surface area contributed by atoms with Crippen LogP contribution in [0.2, 0.25) is 10.0 Å². The minimum absolute atomic E-state index is 0.0692. The molecule has 1 aromatic heterocycles. The molecule has 0 bridgehead atoms. The van der Waals surface area contributed by atoms with Crippen LogP contribution in [0.1, 0.15) is 0 Å². The molecule has 0 saturated carbocycles. The highest BCUT2D eigenvalue weighted by Gasteiger charge is 2.08. The Kier molecular flexibility index (Phi) is 4.37. The number of halogens is 2. The fourth-order valence-electron chi connectivity index (χ4n) is 2.30. The lowest BCUT2D eigenvalue weighted by Crippen LogP contribution is -2.20. The molecule has 0 aliphatic heterocycles. The van der Waals surface area contributed by atoms with Gasteiger partial charge in [0.05, 0.1) is 5.52 Å². The second-order valence-electron chi connectivity index (χ2n) is 5.02. The molecule has 0 spiro atoms. The van der Waals surface area contributed by atoms with Gasteiger partial charge < -0.3 is 9.88 Å². The van der Waals surface area contributed by atoms with E-state index in [1.54, 1.807) is 53.2 Å². The van der Waals surface area contributed by atoms with Gasteiger partial charge in [0, 0.05) is 33.4 Å². The highest BCUT2D eigenvalue weighted by atomic mass is 35.5. The highest BCUT2D eigenvalue weighted by molar-refractivity contribution is 6.31. The zero-order valence-electron chi connectivity index (χ0n) is 11.9. The third-order valence-corrected chi connectivity index (χ3v) is 3.87. The minimum atomic E-state index is -0.211. The van der Waals surface area contributed by atoms with Crippen LogP contribution in [-0.2, 0) is 11.3 Å². The van der Waals surface area contributed by atoms with Crippen molar-refractivity contribution in [3.05, 3.63) is 75.0 Å². The molecular weight excluding hydrogens is 335 g/mol. The first kappa shape index (κ1) is 15.6. The molecule has 0 fully saturated rings. The maximum absolute atomic E-state index is 12.2. The molecule has 23 heavy (non-hydrogen) atoms. The zero-order chi connectivity index (χ0) is 16.4. The molecule has 2 aromatic carbocycles. The Bertz CT molecular complexity index is 933. The molecule has 0 radical (unpaired) electrons. The largest absolute Gasteiger partial charge is 0.338 e. The number of aromatic nitrogens is 1. The number of carbonyl (C=O) groups is 1. The molecule has 0 aliphatic carbocycles. The summed E-state index contributed by atoms with van der Waals surface area (Å²) in [6.07, 6.45) is 1.59. The Balaban J connectivity index is 1.87. The zero-order valence-corrected chi connectivity index (χ0v) is 13.4. The summed E-state index contributed by atoms with van der Waals surface area (Å²) in [5, 5.41) is 4.42. The first-order valence-electron chi connectivity index (χ1n) is 6.87. The molecular formula is C17H12Cl2N2O2. The molecule has 0 saturated heterocycles. The number of hydrogen-bond acceptors (Lipinski definition) is 2. The van der Waals surface area contributed by atoms with Gasteiger partial charge in [0.25, 0.3) is 0 Å². The SMILES string of the molecule is O=C(Cn1ccc(=O)c2ccc(Cl)cc21)Nc1ccc(Cl)cc1. The van der Waals surface area contributed by atoms with E-state index in [1.807, 2.05) is 0 Å². The first-order valence-corrected chi connectivity index (χ1v) is 7.63. The normalized spacial score (nSPS) is 10.7. The summed E-state index contributed by atoms with van der Waals surface area (Å²) in [4.78, 5) is 24.1. The molecule has 0 aliphatic rings. The van der Waals surface area contributed by atoms with E-state index in [0.717, 1.165) is 0 Å². The monoisotopic (exact) mass is 346 g/mol. The summed E-state index contributed by atoms with van der Waals surface area (Å²) in [6, 6.07) is 13.3.